The molecule has 1 aliphatic heterocycles. The average molecular weight is 381 g/mol. The molecule has 1 N–H and O–H groups in total. The SMILES string of the molecule is Cc1ccc(C)c(N2CCN([C@@H]3Cc4cc([N+](=O)[O-])ccc4C[C@H]3O)CC2)c1. The highest BCUT2D eigenvalue weighted by atomic mass is 16.6. The molecule has 2 aromatic rings. The first-order valence-electron chi connectivity index (χ1n) is 9.93. The van der Waals surface area contributed by atoms with E-state index in [2.05, 4.69) is 41.8 Å². The first-order chi connectivity index (χ1) is 13.4. The van der Waals surface area contributed by atoms with Gasteiger partial charge in [0.15, 0.2) is 0 Å². The second-order valence-corrected chi connectivity index (χ2v) is 8.07. The van der Waals surface area contributed by atoms with Crippen LogP contribution in [0.4, 0.5) is 11.4 Å². The fourth-order valence-corrected chi connectivity index (χ4v) is 4.56. The van der Waals surface area contributed by atoms with Crippen molar-refractivity contribution in [3.8, 4) is 0 Å². The summed E-state index contributed by atoms with van der Waals surface area (Å²) in [6.45, 7) is 7.90. The number of aliphatic hydroxyl groups is 1. The topological polar surface area (TPSA) is 69.9 Å². The molecular formula is C22H27N3O3. The summed E-state index contributed by atoms with van der Waals surface area (Å²) < 4.78 is 0. The zero-order valence-corrected chi connectivity index (χ0v) is 16.5. The van der Waals surface area contributed by atoms with Crippen LogP contribution in [0.2, 0.25) is 0 Å². The number of hydrogen-bond donors (Lipinski definition) is 1. The molecule has 2 aliphatic rings. The molecule has 1 fully saturated rings. The number of hydrogen-bond acceptors (Lipinski definition) is 5. The summed E-state index contributed by atoms with van der Waals surface area (Å²) in [4.78, 5) is 15.5. The maximum atomic E-state index is 11.1. The summed E-state index contributed by atoms with van der Waals surface area (Å²) in [5.74, 6) is 0. The third-order valence-electron chi connectivity index (χ3n) is 6.19. The van der Waals surface area contributed by atoms with Gasteiger partial charge in [0.05, 0.1) is 11.0 Å². The zero-order valence-electron chi connectivity index (χ0n) is 16.5. The molecule has 2 aromatic carbocycles. The molecule has 0 spiro atoms. The number of non-ortho nitro benzene ring substituents is 1. The molecule has 1 aliphatic carbocycles. The Morgan fingerprint density at radius 3 is 2.46 bits per heavy atom. The summed E-state index contributed by atoms with van der Waals surface area (Å²) in [7, 11) is 0. The van der Waals surface area contributed by atoms with Crippen LogP contribution >= 0.6 is 0 Å². The van der Waals surface area contributed by atoms with E-state index in [1.165, 1.54) is 22.9 Å². The van der Waals surface area contributed by atoms with Crippen LogP contribution in [-0.2, 0) is 12.8 Å². The molecule has 0 aromatic heterocycles. The Balaban J connectivity index is 1.46. The maximum absolute atomic E-state index is 11.1. The predicted molar refractivity (Wildman–Crippen MR) is 110 cm³/mol. The minimum absolute atomic E-state index is 0.0234. The lowest BCUT2D eigenvalue weighted by Gasteiger charge is -2.44. The number of anilines is 1. The van der Waals surface area contributed by atoms with Gasteiger partial charge in [-0.3, -0.25) is 15.0 Å². The molecule has 6 heteroatoms. The summed E-state index contributed by atoms with van der Waals surface area (Å²) in [6.07, 6.45) is 0.804. The Labute approximate surface area is 165 Å². The predicted octanol–water partition coefficient (Wildman–Crippen LogP) is 2.86. The van der Waals surface area contributed by atoms with Crippen molar-refractivity contribution in [1.82, 2.24) is 4.90 Å². The van der Waals surface area contributed by atoms with Crippen LogP contribution < -0.4 is 4.90 Å². The van der Waals surface area contributed by atoms with E-state index in [9.17, 15) is 15.2 Å². The molecule has 0 amide bonds. The average Bonchev–Trinajstić information content (AvgIpc) is 2.69. The van der Waals surface area contributed by atoms with E-state index < -0.39 is 6.10 Å². The lowest BCUT2D eigenvalue weighted by Crippen LogP contribution is -2.56. The third kappa shape index (κ3) is 3.62. The van der Waals surface area contributed by atoms with Gasteiger partial charge in [-0.25, -0.2) is 0 Å². The van der Waals surface area contributed by atoms with Crippen molar-refractivity contribution in [3.63, 3.8) is 0 Å². The molecule has 0 bridgehead atoms. The molecule has 0 unspecified atom stereocenters. The standard InChI is InChI=1S/C22H27N3O3/c1-15-3-4-16(2)20(11-15)23-7-9-24(10-8-23)21-13-18-12-19(25(27)28)6-5-17(18)14-22(21)26/h3-6,11-12,21-22,26H,7-10,13-14H2,1-2H3/t21-,22-/m1/s1. The molecule has 4 rings (SSSR count). The van der Waals surface area contributed by atoms with Gasteiger partial charge in [0.25, 0.3) is 5.69 Å². The second-order valence-electron chi connectivity index (χ2n) is 8.07. The third-order valence-corrected chi connectivity index (χ3v) is 6.19. The van der Waals surface area contributed by atoms with Crippen LogP contribution in [0.15, 0.2) is 36.4 Å². The van der Waals surface area contributed by atoms with Crippen molar-refractivity contribution >= 4 is 11.4 Å². The van der Waals surface area contributed by atoms with Crippen molar-refractivity contribution in [2.45, 2.75) is 38.8 Å². The lowest BCUT2D eigenvalue weighted by atomic mass is 9.85. The first-order valence-corrected chi connectivity index (χ1v) is 9.93. The zero-order chi connectivity index (χ0) is 19.8. The Kier molecular flexibility index (Phi) is 5.08. The van der Waals surface area contributed by atoms with Crippen LogP contribution in [0.5, 0.6) is 0 Å². The van der Waals surface area contributed by atoms with Gasteiger partial charge in [0, 0.05) is 56.5 Å². The van der Waals surface area contributed by atoms with Crippen LogP contribution in [0, 0.1) is 24.0 Å². The Bertz CT molecular complexity index is 891. The van der Waals surface area contributed by atoms with Gasteiger partial charge in [0.2, 0.25) is 0 Å². The molecular weight excluding hydrogens is 354 g/mol. The van der Waals surface area contributed by atoms with E-state index in [1.54, 1.807) is 12.1 Å². The van der Waals surface area contributed by atoms with Crippen molar-refractivity contribution < 1.29 is 10.0 Å². The van der Waals surface area contributed by atoms with E-state index in [0.29, 0.717) is 12.8 Å². The maximum Gasteiger partial charge on any atom is 0.269 e. The molecule has 1 heterocycles. The van der Waals surface area contributed by atoms with E-state index >= 15 is 0 Å². The van der Waals surface area contributed by atoms with Gasteiger partial charge in [0.1, 0.15) is 0 Å². The van der Waals surface area contributed by atoms with Gasteiger partial charge in [-0.1, -0.05) is 18.2 Å². The molecule has 28 heavy (non-hydrogen) atoms. The van der Waals surface area contributed by atoms with Gasteiger partial charge >= 0.3 is 0 Å². The summed E-state index contributed by atoms with van der Waals surface area (Å²) in [6, 6.07) is 11.6. The van der Waals surface area contributed by atoms with Gasteiger partial charge in [-0.15, -0.1) is 0 Å². The van der Waals surface area contributed by atoms with Crippen molar-refractivity contribution in [3.05, 3.63) is 68.8 Å². The number of fused-ring (bicyclic) bond motifs is 1. The minimum Gasteiger partial charge on any atom is -0.391 e. The van der Waals surface area contributed by atoms with E-state index in [1.807, 2.05) is 0 Å². The quantitative estimate of drug-likeness (QED) is 0.654. The highest BCUT2D eigenvalue weighted by Crippen LogP contribution is 2.30. The molecule has 148 valence electrons. The number of nitrogens with zero attached hydrogens (tertiary/aromatic N) is 3. The number of nitro benzene ring substituents is 1. The number of piperazine rings is 1. The summed E-state index contributed by atoms with van der Waals surface area (Å²) >= 11 is 0. The Morgan fingerprint density at radius 1 is 1.00 bits per heavy atom. The first kappa shape index (κ1) is 18.9. The molecule has 0 saturated carbocycles. The number of aryl methyl sites for hydroxylation is 2. The highest BCUT2D eigenvalue weighted by molar-refractivity contribution is 5.55. The van der Waals surface area contributed by atoms with Gasteiger partial charge in [-0.05, 0) is 48.6 Å². The van der Waals surface area contributed by atoms with E-state index in [0.717, 1.165) is 37.3 Å². The number of rotatable bonds is 3. The number of nitro groups is 1. The Hall–Kier alpha value is -2.44. The van der Waals surface area contributed by atoms with Crippen LogP contribution in [0.1, 0.15) is 22.3 Å². The van der Waals surface area contributed by atoms with E-state index in [-0.39, 0.29) is 16.7 Å². The molecule has 1 saturated heterocycles. The lowest BCUT2D eigenvalue weighted by molar-refractivity contribution is -0.385. The van der Waals surface area contributed by atoms with E-state index in [4.69, 9.17) is 0 Å². The number of aliphatic hydroxyl groups excluding tert-OH is 1. The second kappa shape index (κ2) is 7.53. The number of benzene rings is 2. The van der Waals surface area contributed by atoms with Crippen LogP contribution in [0.25, 0.3) is 0 Å². The normalized spacial score (nSPS) is 22.8. The molecule has 6 nitrogen and oxygen atoms in total. The molecule has 0 radical (unpaired) electrons. The molecule has 2 atom stereocenters. The largest absolute Gasteiger partial charge is 0.391 e. The highest BCUT2D eigenvalue weighted by Gasteiger charge is 2.34. The van der Waals surface area contributed by atoms with Crippen LogP contribution in [-0.4, -0.2) is 53.3 Å². The van der Waals surface area contributed by atoms with Gasteiger partial charge < -0.3 is 10.0 Å². The smallest absolute Gasteiger partial charge is 0.269 e. The Morgan fingerprint density at radius 2 is 1.75 bits per heavy atom. The fraction of sp³-hybridized carbons (Fsp3) is 0.455. The monoisotopic (exact) mass is 381 g/mol. The van der Waals surface area contributed by atoms with Gasteiger partial charge in [-0.2, -0.15) is 0 Å². The summed E-state index contributed by atoms with van der Waals surface area (Å²) in [5, 5.41) is 21.8. The van der Waals surface area contributed by atoms with Crippen molar-refractivity contribution in [2.24, 2.45) is 0 Å². The van der Waals surface area contributed by atoms with Crippen molar-refractivity contribution in [2.75, 3.05) is 31.1 Å². The van der Waals surface area contributed by atoms with Crippen LogP contribution in [0.3, 0.4) is 0 Å². The summed E-state index contributed by atoms with van der Waals surface area (Å²) in [5.41, 5.74) is 6.02. The van der Waals surface area contributed by atoms with Crippen molar-refractivity contribution in [1.29, 1.82) is 0 Å². The minimum atomic E-state index is -0.429. The fourth-order valence-electron chi connectivity index (χ4n) is 4.56.